The van der Waals surface area contributed by atoms with Crippen LogP contribution in [0.1, 0.15) is 35.1 Å². The highest BCUT2D eigenvalue weighted by Gasteiger charge is 2.27. The molecule has 1 atom stereocenters. The maximum Gasteiger partial charge on any atom is 0.155 e. The van der Waals surface area contributed by atoms with Crippen LogP contribution in [-0.2, 0) is 6.54 Å². The van der Waals surface area contributed by atoms with Gasteiger partial charge in [-0.05, 0) is 44.0 Å². The Kier molecular flexibility index (Phi) is 3.58. The number of likely N-dealkylation sites (tertiary alicyclic amines) is 1. The van der Waals surface area contributed by atoms with Crippen molar-refractivity contribution in [2.45, 2.75) is 32.7 Å². The normalized spacial score (nSPS) is 18.8. The number of aromatic amines is 1. The second-order valence-corrected chi connectivity index (χ2v) is 6.44. The van der Waals surface area contributed by atoms with Crippen LogP contribution in [0.15, 0.2) is 30.5 Å². The molecule has 0 aliphatic carbocycles. The minimum atomic E-state index is 0.434. The van der Waals surface area contributed by atoms with Gasteiger partial charge in [0.15, 0.2) is 5.82 Å². The van der Waals surface area contributed by atoms with E-state index in [0.29, 0.717) is 5.92 Å². The van der Waals surface area contributed by atoms with E-state index in [1.165, 1.54) is 16.5 Å². The second kappa shape index (κ2) is 5.74. The highest BCUT2D eigenvalue weighted by Crippen LogP contribution is 2.28. The lowest BCUT2D eigenvalue weighted by molar-refractivity contribution is 0.326. The number of H-pyrrole nitrogens is 1. The second-order valence-electron chi connectivity index (χ2n) is 6.44. The lowest BCUT2D eigenvalue weighted by Gasteiger charge is -2.18. The quantitative estimate of drug-likeness (QED) is 0.808. The van der Waals surface area contributed by atoms with Crippen LogP contribution in [0.5, 0.6) is 0 Å². The van der Waals surface area contributed by atoms with Gasteiger partial charge < -0.3 is 0 Å². The average Bonchev–Trinajstić information content (AvgIpc) is 3.19. The number of nitrogens with one attached hydrogen (secondary N) is 1. The van der Waals surface area contributed by atoms with Gasteiger partial charge in [-0.25, -0.2) is 4.98 Å². The summed E-state index contributed by atoms with van der Waals surface area (Å²) in [4.78, 5) is 11.6. The van der Waals surface area contributed by atoms with Gasteiger partial charge in [0.05, 0.1) is 5.52 Å². The Balaban J connectivity index is 1.56. The Morgan fingerprint density at radius 3 is 3.00 bits per heavy atom. The van der Waals surface area contributed by atoms with Gasteiger partial charge in [0.1, 0.15) is 5.82 Å². The zero-order valence-corrected chi connectivity index (χ0v) is 13.6. The molecule has 1 fully saturated rings. The summed E-state index contributed by atoms with van der Waals surface area (Å²) in [6.45, 7) is 7.17. The molecule has 1 saturated heterocycles. The van der Waals surface area contributed by atoms with Gasteiger partial charge in [-0.15, -0.1) is 0 Å². The molecule has 3 aromatic rings. The van der Waals surface area contributed by atoms with E-state index in [4.69, 9.17) is 0 Å². The van der Waals surface area contributed by atoms with Gasteiger partial charge in [0.2, 0.25) is 0 Å². The molecule has 1 aliphatic heterocycles. The first-order valence-corrected chi connectivity index (χ1v) is 8.15. The number of aromatic nitrogens is 4. The number of fused-ring (bicyclic) bond motifs is 1. The molecule has 118 valence electrons. The molecule has 1 N–H and O–H groups in total. The summed E-state index contributed by atoms with van der Waals surface area (Å²) < 4.78 is 0. The van der Waals surface area contributed by atoms with E-state index in [1.807, 2.05) is 19.2 Å². The number of rotatable bonds is 3. The standard InChI is InChI=1S/C18H21N5/c1-12-5-6-14-4-3-8-19-17(14)16(12)11-23-9-7-15(10-23)18-20-13(2)21-22-18/h3-6,8,15H,7,9-11H2,1-2H3,(H,20,21,22). The summed E-state index contributed by atoms with van der Waals surface area (Å²) in [5, 5.41) is 8.50. The largest absolute Gasteiger partial charge is 0.298 e. The van der Waals surface area contributed by atoms with Crippen molar-refractivity contribution in [3.8, 4) is 0 Å². The van der Waals surface area contributed by atoms with Crippen molar-refractivity contribution in [1.29, 1.82) is 0 Å². The van der Waals surface area contributed by atoms with Crippen LogP contribution in [0.25, 0.3) is 10.9 Å². The third-order valence-corrected chi connectivity index (χ3v) is 4.75. The fourth-order valence-electron chi connectivity index (χ4n) is 3.46. The van der Waals surface area contributed by atoms with E-state index < -0.39 is 0 Å². The van der Waals surface area contributed by atoms with E-state index in [9.17, 15) is 0 Å². The molecule has 1 unspecified atom stereocenters. The molecule has 23 heavy (non-hydrogen) atoms. The molecule has 1 aromatic carbocycles. The van der Waals surface area contributed by atoms with E-state index in [2.05, 4.69) is 50.2 Å². The lowest BCUT2D eigenvalue weighted by atomic mass is 10.0. The Labute approximate surface area is 135 Å². The first-order valence-electron chi connectivity index (χ1n) is 8.15. The average molecular weight is 307 g/mol. The molecule has 5 nitrogen and oxygen atoms in total. The molecular formula is C18H21N5. The molecule has 1 aliphatic rings. The summed E-state index contributed by atoms with van der Waals surface area (Å²) in [5.41, 5.74) is 3.79. The summed E-state index contributed by atoms with van der Waals surface area (Å²) in [6, 6.07) is 8.49. The van der Waals surface area contributed by atoms with Crippen molar-refractivity contribution in [3.05, 3.63) is 53.2 Å². The number of aryl methyl sites for hydroxylation is 2. The molecule has 2 aromatic heterocycles. The Bertz CT molecular complexity index is 838. The molecule has 3 heterocycles. The Hall–Kier alpha value is -2.27. The maximum atomic E-state index is 4.61. The number of hydrogen-bond acceptors (Lipinski definition) is 4. The van der Waals surface area contributed by atoms with Crippen LogP contribution in [0.2, 0.25) is 0 Å². The molecule has 5 heteroatoms. The number of pyridine rings is 1. The van der Waals surface area contributed by atoms with E-state index in [1.54, 1.807) is 0 Å². The zero-order valence-electron chi connectivity index (χ0n) is 13.6. The smallest absolute Gasteiger partial charge is 0.155 e. The van der Waals surface area contributed by atoms with Crippen LogP contribution in [0.3, 0.4) is 0 Å². The summed E-state index contributed by atoms with van der Waals surface area (Å²) in [6.07, 6.45) is 3.00. The third-order valence-electron chi connectivity index (χ3n) is 4.75. The predicted octanol–water partition coefficient (Wildman–Crippen LogP) is 2.96. The minimum Gasteiger partial charge on any atom is -0.298 e. The van der Waals surface area contributed by atoms with Crippen LogP contribution in [0.4, 0.5) is 0 Å². The minimum absolute atomic E-state index is 0.434. The summed E-state index contributed by atoms with van der Waals surface area (Å²) in [7, 11) is 0. The van der Waals surface area contributed by atoms with Crippen LogP contribution >= 0.6 is 0 Å². The molecular weight excluding hydrogens is 286 g/mol. The molecule has 0 saturated carbocycles. The third kappa shape index (κ3) is 2.72. The predicted molar refractivity (Wildman–Crippen MR) is 90.2 cm³/mol. The first-order chi connectivity index (χ1) is 11.2. The highest BCUT2D eigenvalue weighted by molar-refractivity contribution is 5.82. The highest BCUT2D eigenvalue weighted by atomic mass is 15.2. The van der Waals surface area contributed by atoms with Gasteiger partial charge in [0, 0.05) is 30.6 Å². The van der Waals surface area contributed by atoms with Gasteiger partial charge in [-0.1, -0.05) is 18.2 Å². The number of benzene rings is 1. The molecule has 0 amide bonds. The van der Waals surface area contributed by atoms with E-state index >= 15 is 0 Å². The molecule has 4 rings (SSSR count). The van der Waals surface area contributed by atoms with E-state index in [-0.39, 0.29) is 0 Å². The molecule has 0 radical (unpaired) electrons. The zero-order chi connectivity index (χ0) is 15.8. The van der Waals surface area contributed by atoms with Crippen molar-refractivity contribution in [2.24, 2.45) is 0 Å². The van der Waals surface area contributed by atoms with Crippen molar-refractivity contribution < 1.29 is 0 Å². The van der Waals surface area contributed by atoms with Gasteiger partial charge in [-0.3, -0.25) is 15.0 Å². The van der Waals surface area contributed by atoms with Crippen LogP contribution in [-0.4, -0.2) is 38.2 Å². The van der Waals surface area contributed by atoms with Crippen molar-refractivity contribution >= 4 is 10.9 Å². The van der Waals surface area contributed by atoms with Crippen molar-refractivity contribution in [1.82, 2.24) is 25.1 Å². The fourth-order valence-corrected chi connectivity index (χ4v) is 3.46. The van der Waals surface area contributed by atoms with Gasteiger partial charge in [0.25, 0.3) is 0 Å². The lowest BCUT2D eigenvalue weighted by Crippen LogP contribution is -2.21. The summed E-state index contributed by atoms with van der Waals surface area (Å²) in [5.74, 6) is 2.29. The van der Waals surface area contributed by atoms with Gasteiger partial charge >= 0.3 is 0 Å². The van der Waals surface area contributed by atoms with Crippen LogP contribution < -0.4 is 0 Å². The Morgan fingerprint density at radius 2 is 2.17 bits per heavy atom. The summed E-state index contributed by atoms with van der Waals surface area (Å²) >= 11 is 0. The van der Waals surface area contributed by atoms with E-state index in [0.717, 1.165) is 43.2 Å². The van der Waals surface area contributed by atoms with Crippen LogP contribution in [0, 0.1) is 13.8 Å². The van der Waals surface area contributed by atoms with Crippen molar-refractivity contribution in [2.75, 3.05) is 13.1 Å². The first kappa shape index (κ1) is 14.3. The maximum absolute atomic E-state index is 4.61. The van der Waals surface area contributed by atoms with Crippen molar-refractivity contribution in [3.63, 3.8) is 0 Å². The Morgan fingerprint density at radius 1 is 1.26 bits per heavy atom. The van der Waals surface area contributed by atoms with Gasteiger partial charge in [-0.2, -0.15) is 5.10 Å². The monoisotopic (exact) mass is 307 g/mol. The molecule has 0 bridgehead atoms. The number of nitrogens with zero attached hydrogens (tertiary/aromatic N) is 4. The topological polar surface area (TPSA) is 57.7 Å². The number of hydrogen-bond donors (Lipinski definition) is 1. The fraction of sp³-hybridized carbons (Fsp3) is 0.389. The SMILES string of the molecule is Cc1nc(C2CCN(Cc3c(C)ccc4cccnc34)C2)n[nH]1. The molecule has 0 spiro atoms.